The predicted molar refractivity (Wildman–Crippen MR) is 115 cm³/mol. The SMILES string of the molecule is COc1cc(C(=O)c2nc(-c3ccccc3)cn2C2CCCC2)cc(OC)c1OC. The van der Waals surface area contributed by atoms with Crippen LogP contribution >= 0.6 is 0 Å². The Labute approximate surface area is 176 Å². The molecule has 0 bridgehead atoms. The highest BCUT2D eigenvalue weighted by Crippen LogP contribution is 2.39. The zero-order chi connectivity index (χ0) is 21.1. The van der Waals surface area contributed by atoms with Crippen molar-refractivity contribution in [2.24, 2.45) is 0 Å². The third-order valence-electron chi connectivity index (χ3n) is 5.65. The van der Waals surface area contributed by atoms with Crippen molar-refractivity contribution in [3.05, 3.63) is 60.0 Å². The van der Waals surface area contributed by atoms with Crippen LogP contribution in [0.4, 0.5) is 0 Å². The van der Waals surface area contributed by atoms with Crippen LogP contribution in [0.15, 0.2) is 48.7 Å². The molecular weight excluding hydrogens is 380 g/mol. The number of rotatable bonds is 7. The Morgan fingerprint density at radius 2 is 1.60 bits per heavy atom. The van der Waals surface area contributed by atoms with Crippen molar-refractivity contribution in [2.45, 2.75) is 31.7 Å². The molecule has 1 aliphatic rings. The monoisotopic (exact) mass is 406 g/mol. The summed E-state index contributed by atoms with van der Waals surface area (Å²) in [6, 6.07) is 13.6. The molecule has 1 aromatic heterocycles. The van der Waals surface area contributed by atoms with E-state index < -0.39 is 0 Å². The van der Waals surface area contributed by atoms with E-state index in [-0.39, 0.29) is 11.8 Å². The number of hydrogen-bond acceptors (Lipinski definition) is 5. The minimum absolute atomic E-state index is 0.164. The Kier molecular flexibility index (Phi) is 5.74. The second-order valence-corrected chi connectivity index (χ2v) is 7.40. The van der Waals surface area contributed by atoms with Gasteiger partial charge >= 0.3 is 0 Å². The fraction of sp³-hybridized carbons (Fsp3) is 0.333. The molecule has 3 aromatic rings. The van der Waals surface area contributed by atoms with Crippen molar-refractivity contribution < 1.29 is 19.0 Å². The quantitative estimate of drug-likeness (QED) is 0.521. The summed E-state index contributed by atoms with van der Waals surface area (Å²) in [7, 11) is 4.62. The maximum absolute atomic E-state index is 13.6. The van der Waals surface area contributed by atoms with Crippen molar-refractivity contribution in [1.29, 1.82) is 0 Å². The number of nitrogens with zero attached hydrogens (tertiary/aromatic N) is 2. The van der Waals surface area contributed by atoms with E-state index in [1.54, 1.807) is 33.5 Å². The maximum Gasteiger partial charge on any atom is 0.228 e. The van der Waals surface area contributed by atoms with Crippen LogP contribution in [0.5, 0.6) is 17.2 Å². The summed E-state index contributed by atoms with van der Waals surface area (Å²) in [5.41, 5.74) is 2.25. The molecule has 30 heavy (non-hydrogen) atoms. The average molecular weight is 406 g/mol. The van der Waals surface area contributed by atoms with Gasteiger partial charge in [0.25, 0.3) is 0 Å². The van der Waals surface area contributed by atoms with Gasteiger partial charge in [0.05, 0.1) is 27.0 Å². The highest BCUT2D eigenvalue weighted by molar-refractivity contribution is 6.08. The largest absolute Gasteiger partial charge is 0.493 e. The summed E-state index contributed by atoms with van der Waals surface area (Å²) in [5, 5.41) is 0. The molecule has 0 aliphatic heterocycles. The molecule has 0 amide bonds. The van der Waals surface area contributed by atoms with Gasteiger partial charge in [-0.2, -0.15) is 0 Å². The molecule has 6 nitrogen and oxygen atoms in total. The average Bonchev–Trinajstić information content (AvgIpc) is 3.48. The molecule has 6 heteroatoms. The van der Waals surface area contributed by atoms with Crippen LogP contribution in [0, 0.1) is 0 Å². The Morgan fingerprint density at radius 1 is 0.967 bits per heavy atom. The van der Waals surface area contributed by atoms with E-state index in [0.717, 1.165) is 24.1 Å². The van der Waals surface area contributed by atoms with Gasteiger partial charge in [-0.05, 0) is 25.0 Å². The number of carbonyl (C=O) groups is 1. The van der Waals surface area contributed by atoms with Gasteiger partial charge in [0.1, 0.15) is 0 Å². The summed E-state index contributed by atoms with van der Waals surface area (Å²) >= 11 is 0. The summed E-state index contributed by atoms with van der Waals surface area (Å²) in [6.07, 6.45) is 6.46. The fourth-order valence-corrected chi connectivity index (χ4v) is 4.11. The first-order valence-corrected chi connectivity index (χ1v) is 10.1. The smallest absolute Gasteiger partial charge is 0.228 e. The van der Waals surface area contributed by atoms with Gasteiger partial charge in [0, 0.05) is 23.4 Å². The summed E-state index contributed by atoms with van der Waals surface area (Å²) in [5.74, 6) is 1.63. The molecule has 0 atom stereocenters. The third kappa shape index (κ3) is 3.65. The van der Waals surface area contributed by atoms with Crippen LogP contribution in [-0.4, -0.2) is 36.7 Å². The lowest BCUT2D eigenvalue weighted by molar-refractivity contribution is 0.102. The van der Waals surface area contributed by atoms with E-state index in [9.17, 15) is 4.79 Å². The number of hydrogen-bond donors (Lipinski definition) is 0. The number of imidazole rings is 1. The van der Waals surface area contributed by atoms with Gasteiger partial charge in [0.15, 0.2) is 17.3 Å². The number of methoxy groups -OCH3 is 3. The van der Waals surface area contributed by atoms with E-state index in [1.165, 1.54) is 12.8 Å². The molecule has 2 aromatic carbocycles. The highest BCUT2D eigenvalue weighted by Gasteiger charge is 2.27. The minimum atomic E-state index is -0.164. The van der Waals surface area contributed by atoms with Crippen LogP contribution in [-0.2, 0) is 0 Å². The molecule has 0 N–H and O–H groups in total. The molecule has 1 heterocycles. The van der Waals surface area contributed by atoms with Crippen molar-refractivity contribution in [3.8, 4) is 28.5 Å². The normalized spacial score (nSPS) is 14.0. The second-order valence-electron chi connectivity index (χ2n) is 7.40. The van der Waals surface area contributed by atoms with Crippen LogP contribution in [0.1, 0.15) is 47.9 Å². The first kappa shape index (κ1) is 20.0. The molecule has 156 valence electrons. The lowest BCUT2D eigenvalue weighted by Crippen LogP contribution is -2.15. The van der Waals surface area contributed by atoms with E-state index in [1.807, 2.05) is 36.5 Å². The van der Waals surface area contributed by atoms with Gasteiger partial charge < -0.3 is 18.8 Å². The van der Waals surface area contributed by atoms with Crippen LogP contribution in [0.25, 0.3) is 11.3 Å². The number of carbonyl (C=O) groups excluding carboxylic acids is 1. The van der Waals surface area contributed by atoms with Gasteiger partial charge in [-0.1, -0.05) is 43.2 Å². The number of aromatic nitrogens is 2. The molecule has 0 unspecified atom stereocenters. The van der Waals surface area contributed by atoms with Crippen molar-refractivity contribution in [1.82, 2.24) is 9.55 Å². The standard InChI is InChI=1S/C24H26N2O4/c1-28-20-13-17(14-21(29-2)23(20)30-3)22(27)24-25-19(16-9-5-4-6-10-16)15-26(24)18-11-7-8-12-18/h4-6,9-10,13-15,18H,7-8,11-12H2,1-3H3. The zero-order valence-corrected chi connectivity index (χ0v) is 17.6. The molecule has 1 saturated carbocycles. The van der Waals surface area contributed by atoms with Crippen LogP contribution in [0.3, 0.4) is 0 Å². The van der Waals surface area contributed by atoms with E-state index in [2.05, 4.69) is 4.57 Å². The molecule has 4 rings (SSSR count). The van der Waals surface area contributed by atoms with Gasteiger partial charge in [-0.25, -0.2) is 4.98 Å². The first-order chi connectivity index (χ1) is 14.7. The Balaban J connectivity index is 1.81. The number of ketones is 1. The minimum Gasteiger partial charge on any atom is -0.493 e. The lowest BCUT2D eigenvalue weighted by Gasteiger charge is -2.16. The topological polar surface area (TPSA) is 62.6 Å². The van der Waals surface area contributed by atoms with E-state index in [4.69, 9.17) is 19.2 Å². The van der Waals surface area contributed by atoms with Crippen LogP contribution < -0.4 is 14.2 Å². The Hall–Kier alpha value is -3.28. The zero-order valence-electron chi connectivity index (χ0n) is 17.6. The Bertz CT molecular complexity index is 1010. The Morgan fingerprint density at radius 3 is 2.17 bits per heavy atom. The van der Waals surface area contributed by atoms with E-state index >= 15 is 0 Å². The van der Waals surface area contributed by atoms with Crippen LogP contribution in [0.2, 0.25) is 0 Å². The summed E-state index contributed by atoms with van der Waals surface area (Å²) in [4.78, 5) is 18.3. The molecule has 1 fully saturated rings. The highest BCUT2D eigenvalue weighted by atomic mass is 16.5. The van der Waals surface area contributed by atoms with Gasteiger partial charge in [0.2, 0.25) is 11.5 Å². The van der Waals surface area contributed by atoms with Gasteiger partial charge in [-0.3, -0.25) is 4.79 Å². The van der Waals surface area contributed by atoms with Crippen molar-refractivity contribution in [2.75, 3.05) is 21.3 Å². The molecule has 1 aliphatic carbocycles. The van der Waals surface area contributed by atoms with Crippen molar-refractivity contribution >= 4 is 5.78 Å². The van der Waals surface area contributed by atoms with E-state index in [0.29, 0.717) is 28.6 Å². The molecular formula is C24H26N2O4. The maximum atomic E-state index is 13.6. The van der Waals surface area contributed by atoms with Crippen molar-refractivity contribution in [3.63, 3.8) is 0 Å². The predicted octanol–water partition coefficient (Wildman–Crippen LogP) is 4.92. The number of ether oxygens (including phenoxy) is 3. The molecule has 0 radical (unpaired) electrons. The fourth-order valence-electron chi connectivity index (χ4n) is 4.11. The summed E-state index contributed by atoms with van der Waals surface area (Å²) < 4.78 is 18.3. The first-order valence-electron chi connectivity index (χ1n) is 10.1. The van der Waals surface area contributed by atoms with Gasteiger partial charge in [-0.15, -0.1) is 0 Å². The lowest BCUT2D eigenvalue weighted by atomic mass is 10.1. The summed E-state index contributed by atoms with van der Waals surface area (Å²) in [6.45, 7) is 0. The second kappa shape index (κ2) is 8.61. The third-order valence-corrected chi connectivity index (χ3v) is 5.65. The molecule has 0 saturated heterocycles. The molecule has 0 spiro atoms. The number of benzene rings is 2.